The molecule has 0 atom stereocenters. The van der Waals surface area contributed by atoms with Crippen molar-refractivity contribution in [1.82, 2.24) is 10.2 Å². The highest BCUT2D eigenvalue weighted by molar-refractivity contribution is 8.01. The molecule has 0 aliphatic rings. The number of aromatic nitrogens is 2. The summed E-state index contributed by atoms with van der Waals surface area (Å²) in [5.74, 6) is -1.62. The second-order valence-electron chi connectivity index (χ2n) is 5.04. The fourth-order valence-corrected chi connectivity index (χ4v) is 3.72. The predicted octanol–water partition coefficient (Wildman–Crippen LogP) is 4.54. The normalized spacial score (nSPS) is 10.6. The van der Waals surface area contributed by atoms with E-state index in [0.29, 0.717) is 15.2 Å². The predicted molar refractivity (Wildman–Crippen MR) is 97.6 cm³/mol. The average molecular weight is 393 g/mol. The maximum atomic E-state index is 13.2. The summed E-state index contributed by atoms with van der Waals surface area (Å²) >= 11 is 2.46. The Morgan fingerprint density at radius 1 is 1.19 bits per heavy atom. The lowest BCUT2D eigenvalue weighted by atomic mass is 10.1. The minimum Gasteiger partial charge on any atom is -0.495 e. The smallest absolute Gasteiger partial charge is 0.210 e. The Labute approximate surface area is 156 Å². The van der Waals surface area contributed by atoms with Gasteiger partial charge in [-0.15, -0.1) is 10.2 Å². The van der Waals surface area contributed by atoms with Crippen LogP contribution in [0.2, 0.25) is 0 Å². The molecule has 2 aromatic carbocycles. The zero-order valence-electron chi connectivity index (χ0n) is 13.5. The van der Waals surface area contributed by atoms with E-state index < -0.39 is 11.6 Å². The minimum absolute atomic E-state index is 0.0500. The first-order valence-electron chi connectivity index (χ1n) is 7.41. The standard InChI is InChI=1S/C17H13F2N3O2S2/c1-24-15-5-3-2-4-13(15)20-16-21-22-17(26-16)25-9-14(23)10-6-7-11(18)12(19)8-10/h2-8H,9H2,1H3,(H,20,21). The molecule has 0 bridgehead atoms. The summed E-state index contributed by atoms with van der Waals surface area (Å²) in [4.78, 5) is 12.1. The van der Waals surface area contributed by atoms with Crippen LogP contribution in [-0.2, 0) is 0 Å². The second-order valence-corrected chi connectivity index (χ2v) is 7.24. The van der Waals surface area contributed by atoms with Crippen molar-refractivity contribution in [2.45, 2.75) is 4.34 Å². The minimum atomic E-state index is -1.04. The van der Waals surface area contributed by atoms with E-state index in [1.807, 2.05) is 24.3 Å². The van der Waals surface area contributed by atoms with Crippen LogP contribution in [0.25, 0.3) is 0 Å². The van der Waals surface area contributed by atoms with E-state index in [-0.39, 0.29) is 17.1 Å². The van der Waals surface area contributed by atoms with Crippen LogP contribution in [0.4, 0.5) is 19.6 Å². The number of benzene rings is 2. The summed E-state index contributed by atoms with van der Waals surface area (Å²) in [6.45, 7) is 0. The van der Waals surface area contributed by atoms with E-state index in [4.69, 9.17) is 4.74 Å². The number of nitrogens with zero attached hydrogens (tertiary/aromatic N) is 2. The number of rotatable bonds is 7. The molecule has 1 heterocycles. The van der Waals surface area contributed by atoms with Crippen LogP contribution in [-0.4, -0.2) is 28.8 Å². The highest BCUT2D eigenvalue weighted by Gasteiger charge is 2.13. The third-order valence-corrected chi connectivity index (χ3v) is 5.30. The molecular weight excluding hydrogens is 380 g/mol. The summed E-state index contributed by atoms with van der Waals surface area (Å²) in [5.41, 5.74) is 0.869. The quantitative estimate of drug-likeness (QED) is 0.470. The Balaban J connectivity index is 1.61. The van der Waals surface area contributed by atoms with Gasteiger partial charge in [-0.3, -0.25) is 4.79 Å². The van der Waals surface area contributed by atoms with Crippen molar-refractivity contribution < 1.29 is 18.3 Å². The molecule has 0 aliphatic heterocycles. The molecule has 0 amide bonds. The largest absolute Gasteiger partial charge is 0.495 e. The first kappa shape index (κ1) is 18.3. The number of ketones is 1. The topological polar surface area (TPSA) is 64.1 Å². The first-order chi connectivity index (χ1) is 12.6. The van der Waals surface area contributed by atoms with Gasteiger partial charge >= 0.3 is 0 Å². The molecule has 0 unspecified atom stereocenters. The summed E-state index contributed by atoms with van der Waals surface area (Å²) in [6, 6.07) is 10.5. The number of thioether (sulfide) groups is 1. The van der Waals surface area contributed by atoms with E-state index in [9.17, 15) is 13.6 Å². The van der Waals surface area contributed by atoms with Crippen LogP contribution in [0.15, 0.2) is 46.8 Å². The van der Waals surface area contributed by atoms with Gasteiger partial charge < -0.3 is 10.1 Å². The Morgan fingerprint density at radius 3 is 2.77 bits per heavy atom. The molecule has 134 valence electrons. The van der Waals surface area contributed by atoms with E-state index in [1.165, 1.54) is 29.2 Å². The zero-order chi connectivity index (χ0) is 18.5. The molecule has 5 nitrogen and oxygen atoms in total. The van der Waals surface area contributed by atoms with E-state index in [2.05, 4.69) is 15.5 Å². The molecule has 0 fully saturated rings. The highest BCUT2D eigenvalue weighted by Crippen LogP contribution is 2.31. The third kappa shape index (κ3) is 4.36. The maximum Gasteiger partial charge on any atom is 0.210 e. The molecule has 3 rings (SSSR count). The van der Waals surface area contributed by atoms with Gasteiger partial charge in [-0.2, -0.15) is 0 Å². The number of Topliss-reactive ketones (excluding diaryl/α,β-unsaturated/α-hetero) is 1. The van der Waals surface area contributed by atoms with Gasteiger partial charge in [0.15, 0.2) is 21.8 Å². The van der Waals surface area contributed by atoms with Crippen molar-refractivity contribution in [3.63, 3.8) is 0 Å². The molecule has 9 heteroatoms. The van der Waals surface area contributed by atoms with Crippen molar-refractivity contribution in [2.75, 3.05) is 18.2 Å². The molecule has 0 spiro atoms. The van der Waals surface area contributed by atoms with Gasteiger partial charge in [0.25, 0.3) is 0 Å². The van der Waals surface area contributed by atoms with Gasteiger partial charge in [0.2, 0.25) is 5.13 Å². The number of hydrogen-bond acceptors (Lipinski definition) is 7. The van der Waals surface area contributed by atoms with Crippen molar-refractivity contribution in [1.29, 1.82) is 0 Å². The molecule has 26 heavy (non-hydrogen) atoms. The van der Waals surface area contributed by atoms with Gasteiger partial charge in [0.05, 0.1) is 18.6 Å². The van der Waals surface area contributed by atoms with Crippen LogP contribution in [0.3, 0.4) is 0 Å². The molecule has 0 saturated carbocycles. The van der Waals surface area contributed by atoms with Crippen LogP contribution < -0.4 is 10.1 Å². The molecule has 0 radical (unpaired) electrons. The Bertz CT molecular complexity index is 934. The average Bonchev–Trinajstić information content (AvgIpc) is 3.10. The number of anilines is 2. The van der Waals surface area contributed by atoms with Crippen LogP contribution in [0.1, 0.15) is 10.4 Å². The van der Waals surface area contributed by atoms with Gasteiger partial charge in [-0.1, -0.05) is 35.2 Å². The monoisotopic (exact) mass is 393 g/mol. The lowest BCUT2D eigenvalue weighted by Crippen LogP contribution is -2.03. The van der Waals surface area contributed by atoms with Gasteiger partial charge in [-0.25, -0.2) is 8.78 Å². The van der Waals surface area contributed by atoms with E-state index >= 15 is 0 Å². The lowest BCUT2D eigenvalue weighted by Gasteiger charge is -2.07. The van der Waals surface area contributed by atoms with Crippen molar-refractivity contribution in [2.24, 2.45) is 0 Å². The van der Waals surface area contributed by atoms with Crippen LogP contribution in [0.5, 0.6) is 5.75 Å². The fraction of sp³-hybridized carbons (Fsp3) is 0.118. The van der Waals surface area contributed by atoms with Crippen LogP contribution in [0, 0.1) is 11.6 Å². The van der Waals surface area contributed by atoms with E-state index in [0.717, 1.165) is 17.8 Å². The Hall–Kier alpha value is -2.52. The van der Waals surface area contributed by atoms with Gasteiger partial charge in [0.1, 0.15) is 5.75 Å². The lowest BCUT2D eigenvalue weighted by molar-refractivity contribution is 0.102. The molecule has 1 aromatic heterocycles. The van der Waals surface area contributed by atoms with Crippen molar-refractivity contribution >= 4 is 39.7 Å². The summed E-state index contributed by atoms with van der Waals surface area (Å²) in [7, 11) is 1.58. The Kier molecular flexibility index (Phi) is 5.79. The first-order valence-corrected chi connectivity index (χ1v) is 9.21. The Morgan fingerprint density at radius 2 is 2.00 bits per heavy atom. The van der Waals surface area contributed by atoms with Gasteiger partial charge in [-0.05, 0) is 30.3 Å². The second kappa shape index (κ2) is 8.24. The van der Waals surface area contributed by atoms with Crippen molar-refractivity contribution in [3.8, 4) is 5.75 Å². The molecule has 0 aliphatic carbocycles. The summed E-state index contributed by atoms with van der Waals surface area (Å²) in [6.07, 6.45) is 0. The van der Waals surface area contributed by atoms with E-state index in [1.54, 1.807) is 7.11 Å². The number of nitrogens with one attached hydrogen (secondary N) is 1. The molecule has 3 aromatic rings. The number of carbonyl (C=O) groups is 1. The maximum absolute atomic E-state index is 13.2. The zero-order valence-corrected chi connectivity index (χ0v) is 15.2. The highest BCUT2D eigenvalue weighted by atomic mass is 32.2. The number of carbonyl (C=O) groups excluding carboxylic acids is 1. The summed E-state index contributed by atoms with van der Waals surface area (Å²) in [5, 5.41) is 11.7. The SMILES string of the molecule is COc1ccccc1Nc1nnc(SCC(=O)c2ccc(F)c(F)c2)s1. The molecule has 0 saturated heterocycles. The third-order valence-electron chi connectivity index (χ3n) is 3.32. The number of methoxy groups -OCH3 is 1. The number of halogens is 2. The van der Waals surface area contributed by atoms with Crippen LogP contribution >= 0.6 is 23.1 Å². The number of hydrogen-bond donors (Lipinski definition) is 1. The van der Waals surface area contributed by atoms with Gasteiger partial charge in [0, 0.05) is 5.56 Å². The summed E-state index contributed by atoms with van der Waals surface area (Å²) < 4.78 is 32.0. The molecule has 1 N–H and O–H groups in total. The van der Waals surface area contributed by atoms with Crippen molar-refractivity contribution in [3.05, 3.63) is 59.7 Å². The fourth-order valence-electron chi connectivity index (χ4n) is 2.06. The molecular formula is C17H13F2N3O2S2. The number of ether oxygens (including phenoxy) is 1. The number of para-hydroxylation sites is 2.